The van der Waals surface area contributed by atoms with Crippen LogP contribution < -0.4 is 5.32 Å². The van der Waals surface area contributed by atoms with E-state index in [-0.39, 0.29) is 11.5 Å². The summed E-state index contributed by atoms with van der Waals surface area (Å²) in [4.78, 5) is 0. The summed E-state index contributed by atoms with van der Waals surface area (Å²) in [5.41, 5.74) is 2.71. The maximum Gasteiger partial charge on any atom is 0.169 e. The van der Waals surface area contributed by atoms with Crippen LogP contribution in [0, 0.1) is 0 Å². The van der Waals surface area contributed by atoms with Gasteiger partial charge in [0.2, 0.25) is 0 Å². The Labute approximate surface area is 123 Å². The van der Waals surface area contributed by atoms with E-state index in [1.54, 1.807) is 0 Å². The molecule has 2 aromatic rings. The van der Waals surface area contributed by atoms with Crippen LogP contribution in [0.2, 0.25) is 0 Å². The SMILES string of the molecule is CNC(c1ccc(Br)o1)c1ccccc1C(C)(C)C. The normalized spacial score (nSPS) is 13.5. The van der Waals surface area contributed by atoms with Crippen molar-refractivity contribution < 1.29 is 4.42 Å². The van der Waals surface area contributed by atoms with Crippen molar-refractivity contribution in [2.75, 3.05) is 7.05 Å². The van der Waals surface area contributed by atoms with Gasteiger partial charge in [-0.25, -0.2) is 0 Å². The van der Waals surface area contributed by atoms with Crippen molar-refractivity contribution in [2.45, 2.75) is 32.2 Å². The summed E-state index contributed by atoms with van der Waals surface area (Å²) < 4.78 is 6.47. The Morgan fingerprint density at radius 2 is 1.79 bits per heavy atom. The second kappa shape index (κ2) is 5.51. The average molecular weight is 322 g/mol. The Hall–Kier alpha value is -1.06. The van der Waals surface area contributed by atoms with E-state index in [1.807, 2.05) is 19.2 Å². The van der Waals surface area contributed by atoms with Crippen LogP contribution in [0.5, 0.6) is 0 Å². The van der Waals surface area contributed by atoms with Gasteiger partial charge in [-0.3, -0.25) is 0 Å². The molecule has 0 radical (unpaired) electrons. The molecule has 1 unspecified atom stereocenters. The Morgan fingerprint density at radius 1 is 1.11 bits per heavy atom. The van der Waals surface area contributed by atoms with Crippen LogP contribution in [0.1, 0.15) is 43.7 Å². The molecule has 0 spiro atoms. The number of nitrogens with one attached hydrogen (secondary N) is 1. The summed E-state index contributed by atoms with van der Waals surface area (Å²) in [5.74, 6) is 0.922. The van der Waals surface area contributed by atoms with Gasteiger partial charge in [-0.1, -0.05) is 45.0 Å². The highest BCUT2D eigenvalue weighted by Gasteiger charge is 2.24. The van der Waals surface area contributed by atoms with Gasteiger partial charge in [0.25, 0.3) is 0 Å². The van der Waals surface area contributed by atoms with Gasteiger partial charge in [-0.05, 0) is 51.7 Å². The first-order chi connectivity index (χ1) is 8.93. The van der Waals surface area contributed by atoms with Gasteiger partial charge in [0.1, 0.15) is 5.76 Å². The lowest BCUT2D eigenvalue weighted by molar-refractivity contribution is 0.442. The molecule has 0 bridgehead atoms. The van der Waals surface area contributed by atoms with Gasteiger partial charge in [0, 0.05) is 0 Å². The summed E-state index contributed by atoms with van der Waals surface area (Å²) in [6.07, 6.45) is 0. The van der Waals surface area contributed by atoms with E-state index < -0.39 is 0 Å². The molecule has 0 fully saturated rings. The number of hydrogen-bond acceptors (Lipinski definition) is 2. The molecule has 0 saturated carbocycles. The smallest absolute Gasteiger partial charge is 0.169 e. The topological polar surface area (TPSA) is 25.2 Å². The number of halogens is 1. The molecule has 0 saturated heterocycles. The van der Waals surface area contributed by atoms with Crippen molar-refractivity contribution in [1.29, 1.82) is 0 Å². The van der Waals surface area contributed by atoms with Gasteiger partial charge >= 0.3 is 0 Å². The fourth-order valence-corrected chi connectivity index (χ4v) is 2.69. The van der Waals surface area contributed by atoms with Crippen molar-refractivity contribution in [3.05, 3.63) is 58.0 Å². The predicted octanol–water partition coefficient (Wildman–Crippen LogP) is 4.65. The zero-order valence-electron chi connectivity index (χ0n) is 11.8. The standard InChI is InChI=1S/C16H20BrNO/c1-16(2,3)12-8-6-5-7-11(12)15(18-4)13-9-10-14(17)19-13/h5-10,15,18H,1-4H3. The molecule has 0 aliphatic heterocycles. The summed E-state index contributed by atoms with van der Waals surface area (Å²) in [7, 11) is 1.96. The quantitative estimate of drug-likeness (QED) is 0.890. The van der Waals surface area contributed by atoms with E-state index in [2.05, 4.69) is 66.3 Å². The zero-order valence-corrected chi connectivity index (χ0v) is 13.4. The van der Waals surface area contributed by atoms with Gasteiger partial charge in [0.05, 0.1) is 6.04 Å². The molecule has 1 heterocycles. The van der Waals surface area contributed by atoms with E-state index in [4.69, 9.17) is 4.42 Å². The van der Waals surface area contributed by atoms with Gasteiger partial charge < -0.3 is 9.73 Å². The second-order valence-electron chi connectivity index (χ2n) is 5.70. The molecule has 3 heteroatoms. The third-order valence-corrected chi connectivity index (χ3v) is 3.67. The van der Waals surface area contributed by atoms with Crippen LogP contribution >= 0.6 is 15.9 Å². The highest BCUT2D eigenvalue weighted by atomic mass is 79.9. The number of hydrogen-bond donors (Lipinski definition) is 1. The largest absolute Gasteiger partial charge is 0.452 e. The highest BCUT2D eigenvalue weighted by molar-refractivity contribution is 9.10. The third-order valence-electron chi connectivity index (χ3n) is 3.25. The molecular formula is C16H20BrNO. The minimum Gasteiger partial charge on any atom is -0.452 e. The van der Waals surface area contributed by atoms with Crippen LogP contribution in [0.4, 0.5) is 0 Å². The van der Waals surface area contributed by atoms with Gasteiger partial charge in [-0.15, -0.1) is 0 Å². The van der Waals surface area contributed by atoms with E-state index in [0.717, 1.165) is 10.4 Å². The molecule has 19 heavy (non-hydrogen) atoms. The molecule has 0 aliphatic rings. The first-order valence-corrected chi connectivity index (χ1v) is 7.24. The number of benzene rings is 1. The molecule has 102 valence electrons. The third kappa shape index (κ3) is 3.10. The molecule has 0 aliphatic carbocycles. The summed E-state index contributed by atoms with van der Waals surface area (Å²) in [5, 5.41) is 3.35. The maximum absolute atomic E-state index is 5.71. The van der Waals surface area contributed by atoms with Gasteiger partial charge in [-0.2, -0.15) is 0 Å². The molecule has 2 rings (SSSR count). The molecule has 1 atom stereocenters. The monoisotopic (exact) mass is 321 g/mol. The fraction of sp³-hybridized carbons (Fsp3) is 0.375. The molecule has 1 N–H and O–H groups in total. The van der Waals surface area contributed by atoms with Crippen molar-refractivity contribution in [2.24, 2.45) is 0 Å². The zero-order chi connectivity index (χ0) is 14.0. The number of furan rings is 1. The van der Waals surface area contributed by atoms with Crippen LogP contribution in [0.3, 0.4) is 0 Å². The Bertz CT molecular complexity index is 554. The van der Waals surface area contributed by atoms with Crippen LogP contribution in [0.25, 0.3) is 0 Å². The van der Waals surface area contributed by atoms with Crippen molar-refractivity contribution >= 4 is 15.9 Å². The maximum atomic E-state index is 5.71. The number of rotatable bonds is 3. The second-order valence-corrected chi connectivity index (χ2v) is 6.48. The van der Waals surface area contributed by atoms with Crippen molar-refractivity contribution in [3.63, 3.8) is 0 Å². The Kier molecular flexibility index (Phi) is 4.16. The predicted molar refractivity (Wildman–Crippen MR) is 82.5 cm³/mol. The summed E-state index contributed by atoms with van der Waals surface area (Å²) >= 11 is 3.37. The minimum atomic E-state index is 0.0710. The molecular weight excluding hydrogens is 302 g/mol. The minimum absolute atomic E-state index is 0.0710. The lowest BCUT2D eigenvalue weighted by Gasteiger charge is -2.26. The highest BCUT2D eigenvalue weighted by Crippen LogP contribution is 2.33. The van der Waals surface area contributed by atoms with Crippen molar-refractivity contribution in [3.8, 4) is 0 Å². The first-order valence-electron chi connectivity index (χ1n) is 6.45. The van der Waals surface area contributed by atoms with E-state index in [9.17, 15) is 0 Å². The Morgan fingerprint density at radius 3 is 2.32 bits per heavy atom. The molecule has 1 aromatic carbocycles. The Balaban J connectivity index is 2.50. The lowest BCUT2D eigenvalue weighted by Crippen LogP contribution is -2.23. The summed E-state index contributed by atoms with van der Waals surface area (Å²) in [6, 6.07) is 12.5. The van der Waals surface area contributed by atoms with Crippen molar-refractivity contribution in [1.82, 2.24) is 5.32 Å². The van der Waals surface area contributed by atoms with Crippen LogP contribution in [0.15, 0.2) is 45.5 Å². The van der Waals surface area contributed by atoms with Crippen LogP contribution in [-0.4, -0.2) is 7.05 Å². The van der Waals surface area contributed by atoms with E-state index in [0.29, 0.717) is 0 Å². The molecule has 1 aromatic heterocycles. The fourth-order valence-electron chi connectivity index (χ4n) is 2.37. The van der Waals surface area contributed by atoms with Gasteiger partial charge in [0.15, 0.2) is 4.67 Å². The van der Waals surface area contributed by atoms with Crippen LogP contribution in [-0.2, 0) is 5.41 Å². The lowest BCUT2D eigenvalue weighted by atomic mass is 9.81. The van der Waals surface area contributed by atoms with E-state index in [1.165, 1.54) is 11.1 Å². The van der Waals surface area contributed by atoms with E-state index >= 15 is 0 Å². The molecule has 2 nitrogen and oxygen atoms in total. The summed E-state index contributed by atoms with van der Waals surface area (Å²) in [6.45, 7) is 6.70. The average Bonchev–Trinajstić information content (AvgIpc) is 2.76. The first kappa shape index (κ1) is 14.4. The molecule has 0 amide bonds.